The molecule has 0 spiro atoms. The van der Waals surface area contributed by atoms with E-state index in [-0.39, 0.29) is 35.0 Å². The molecular formula is C28H31N7O6. The Bertz CT molecular complexity index is 1590. The molecule has 8 N–H and O–H groups in total. The number of aliphatic hydroxyl groups excluding tert-OH is 3. The molecule has 4 aromatic rings. The second-order valence-electron chi connectivity index (χ2n) is 9.36. The van der Waals surface area contributed by atoms with Gasteiger partial charge in [-0.2, -0.15) is 0 Å². The van der Waals surface area contributed by atoms with E-state index in [9.17, 15) is 29.7 Å². The average Bonchev–Trinajstić information content (AvgIpc) is 3.00. The second-order valence-corrected chi connectivity index (χ2v) is 9.36. The Labute approximate surface area is 234 Å². The number of amides is 3. The van der Waals surface area contributed by atoms with Crippen molar-refractivity contribution in [2.75, 3.05) is 30.9 Å². The highest BCUT2D eigenvalue weighted by molar-refractivity contribution is 6.02. The zero-order valence-electron chi connectivity index (χ0n) is 22.3. The Morgan fingerprint density at radius 2 is 1.73 bits per heavy atom. The van der Waals surface area contributed by atoms with Crippen LogP contribution in [0.1, 0.15) is 22.8 Å². The number of aliphatic hydroxyl groups is 3. The molecule has 13 heteroatoms. The number of benzene rings is 1. The molecule has 13 nitrogen and oxygen atoms in total. The van der Waals surface area contributed by atoms with Crippen LogP contribution >= 0.6 is 0 Å². The largest absolute Gasteiger partial charge is 0.394 e. The highest BCUT2D eigenvalue weighted by Gasteiger charge is 2.32. The van der Waals surface area contributed by atoms with Crippen molar-refractivity contribution in [2.24, 2.45) is 0 Å². The molecule has 4 rings (SSSR count). The van der Waals surface area contributed by atoms with Crippen molar-refractivity contribution in [2.45, 2.75) is 25.6 Å². The van der Waals surface area contributed by atoms with Gasteiger partial charge >= 0.3 is 6.03 Å². The van der Waals surface area contributed by atoms with Crippen molar-refractivity contribution >= 4 is 34.5 Å². The van der Waals surface area contributed by atoms with E-state index in [2.05, 4.69) is 25.9 Å². The van der Waals surface area contributed by atoms with Gasteiger partial charge in [0.15, 0.2) is 0 Å². The quantitative estimate of drug-likeness (QED) is 0.146. The van der Waals surface area contributed by atoms with E-state index >= 15 is 0 Å². The lowest BCUT2D eigenvalue weighted by Crippen LogP contribution is -2.57. The number of nitrogens with two attached hydrogens (primary N) is 1. The van der Waals surface area contributed by atoms with Crippen LogP contribution in [0.3, 0.4) is 0 Å². The number of aromatic nitrogens is 3. The van der Waals surface area contributed by atoms with E-state index in [0.717, 1.165) is 5.56 Å². The topological polar surface area (TPSA) is 205 Å². The third kappa shape index (κ3) is 6.17. The zero-order chi connectivity index (χ0) is 29.6. The molecule has 0 atom stereocenters. The molecule has 0 saturated heterocycles. The van der Waals surface area contributed by atoms with Crippen molar-refractivity contribution in [3.05, 3.63) is 82.3 Å². The van der Waals surface area contributed by atoms with Crippen LogP contribution in [-0.4, -0.2) is 67.2 Å². The second kappa shape index (κ2) is 12.6. The smallest absolute Gasteiger partial charge is 0.319 e. The van der Waals surface area contributed by atoms with Gasteiger partial charge in [-0.25, -0.2) is 9.78 Å². The highest BCUT2D eigenvalue weighted by atomic mass is 16.3. The number of nitrogens with zero attached hydrogens (tertiary/aromatic N) is 3. The fourth-order valence-corrected chi connectivity index (χ4v) is 4.19. The fourth-order valence-electron chi connectivity index (χ4n) is 4.19. The van der Waals surface area contributed by atoms with Gasteiger partial charge in [0.1, 0.15) is 22.6 Å². The lowest BCUT2D eigenvalue weighted by Gasteiger charge is -2.29. The van der Waals surface area contributed by atoms with Gasteiger partial charge in [-0.3, -0.25) is 14.6 Å². The van der Waals surface area contributed by atoms with Gasteiger partial charge in [-0.05, 0) is 42.8 Å². The summed E-state index contributed by atoms with van der Waals surface area (Å²) in [5.41, 5.74) is 6.39. The SMILES string of the molecule is CCn1c(N)c(C(=O)NC(CO)(CO)CO)c(=O)c2ccc(-c3ccc(NC(=O)NCc4cccnc4)cc3)nc21. The summed E-state index contributed by atoms with van der Waals surface area (Å²) < 4.78 is 1.51. The van der Waals surface area contributed by atoms with Crippen molar-refractivity contribution in [3.63, 3.8) is 0 Å². The number of aryl methyl sites for hydroxylation is 1. The maximum atomic E-state index is 13.3. The summed E-state index contributed by atoms with van der Waals surface area (Å²) in [5, 5.41) is 36.7. The summed E-state index contributed by atoms with van der Waals surface area (Å²) in [6.07, 6.45) is 3.33. The Hall–Kier alpha value is -4.85. The first-order valence-corrected chi connectivity index (χ1v) is 12.8. The molecular weight excluding hydrogens is 530 g/mol. The molecule has 0 unspecified atom stereocenters. The Kier molecular flexibility index (Phi) is 8.92. The first-order chi connectivity index (χ1) is 19.8. The van der Waals surface area contributed by atoms with Crippen molar-refractivity contribution in [3.8, 4) is 11.3 Å². The first kappa shape index (κ1) is 29.1. The predicted molar refractivity (Wildman–Crippen MR) is 153 cm³/mol. The highest BCUT2D eigenvalue weighted by Crippen LogP contribution is 2.24. The molecule has 0 aliphatic rings. The Morgan fingerprint density at radius 3 is 2.34 bits per heavy atom. The molecule has 0 fully saturated rings. The molecule has 0 aliphatic heterocycles. The molecule has 0 aliphatic carbocycles. The number of hydrogen-bond donors (Lipinski definition) is 7. The normalized spacial score (nSPS) is 11.3. The van der Waals surface area contributed by atoms with Crippen LogP contribution in [0.25, 0.3) is 22.3 Å². The number of nitrogen functional groups attached to an aromatic ring is 1. The minimum atomic E-state index is -1.73. The number of anilines is 2. The van der Waals surface area contributed by atoms with E-state index in [4.69, 9.17) is 5.73 Å². The molecule has 3 amide bonds. The number of nitrogens with one attached hydrogen (secondary N) is 3. The van der Waals surface area contributed by atoms with Crippen molar-refractivity contribution in [1.82, 2.24) is 25.2 Å². The van der Waals surface area contributed by atoms with E-state index < -0.39 is 36.7 Å². The van der Waals surface area contributed by atoms with Crippen molar-refractivity contribution in [1.29, 1.82) is 0 Å². The third-order valence-corrected chi connectivity index (χ3v) is 6.59. The molecule has 214 valence electrons. The van der Waals surface area contributed by atoms with Crippen LogP contribution in [0.15, 0.2) is 65.7 Å². The molecule has 0 saturated carbocycles. The summed E-state index contributed by atoms with van der Waals surface area (Å²) in [7, 11) is 0. The number of carbonyl (C=O) groups is 2. The monoisotopic (exact) mass is 561 g/mol. The van der Waals surface area contributed by atoms with Gasteiger partial charge in [0.2, 0.25) is 5.43 Å². The maximum absolute atomic E-state index is 13.3. The van der Waals surface area contributed by atoms with Crippen LogP contribution in [0.5, 0.6) is 0 Å². The van der Waals surface area contributed by atoms with Gasteiger partial charge < -0.3 is 41.6 Å². The van der Waals surface area contributed by atoms with Gasteiger partial charge in [0.25, 0.3) is 5.91 Å². The van der Waals surface area contributed by atoms with Crippen LogP contribution in [0, 0.1) is 0 Å². The maximum Gasteiger partial charge on any atom is 0.319 e. The Balaban J connectivity index is 1.58. The van der Waals surface area contributed by atoms with Gasteiger partial charge in [0, 0.05) is 36.7 Å². The third-order valence-electron chi connectivity index (χ3n) is 6.59. The van der Waals surface area contributed by atoms with E-state index in [1.807, 2.05) is 6.07 Å². The first-order valence-electron chi connectivity index (χ1n) is 12.8. The zero-order valence-corrected chi connectivity index (χ0v) is 22.3. The van der Waals surface area contributed by atoms with Gasteiger partial charge in [-0.15, -0.1) is 0 Å². The number of rotatable bonds is 10. The van der Waals surface area contributed by atoms with Crippen LogP contribution < -0.4 is 27.1 Å². The lowest BCUT2D eigenvalue weighted by molar-refractivity contribution is 0.0375. The van der Waals surface area contributed by atoms with E-state index in [1.165, 1.54) is 10.6 Å². The predicted octanol–water partition coefficient (Wildman–Crippen LogP) is 0.828. The number of fused-ring (bicyclic) bond motifs is 1. The Morgan fingerprint density at radius 1 is 1.02 bits per heavy atom. The van der Waals surface area contributed by atoms with Gasteiger partial charge in [-0.1, -0.05) is 18.2 Å². The van der Waals surface area contributed by atoms with Gasteiger partial charge in [0.05, 0.1) is 30.9 Å². The number of urea groups is 1. The minimum Gasteiger partial charge on any atom is -0.394 e. The summed E-state index contributed by atoms with van der Waals surface area (Å²) in [4.78, 5) is 47.2. The minimum absolute atomic E-state index is 0.140. The molecule has 0 radical (unpaired) electrons. The number of hydrogen-bond acceptors (Lipinski definition) is 9. The standard InChI is InChI=1S/C28H31N7O6/c1-2-35-24(29)22(26(40)34-28(14-36,15-37)16-38)23(39)20-9-10-21(33-25(20)35)18-5-7-19(8-6-18)32-27(41)31-13-17-4-3-11-30-12-17/h3-12,36-38H,2,13-16,29H2,1H3,(H,34,40)(H2,31,32,41). The van der Waals surface area contributed by atoms with Crippen LogP contribution in [0.2, 0.25) is 0 Å². The molecule has 3 aromatic heterocycles. The summed E-state index contributed by atoms with van der Waals surface area (Å²) in [6, 6.07) is 13.4. The summed E-state index contributed by atoms with van der Waals surface area (Å²) in [5.74, 6) is -1.09. The van der Waals surface area contributed by atoms with Crippen molar-refractivity contribution < 1.29 is 24.9 Å². The summed E-state index contributed by atoms with van der Waals surface area (Å²) in [6.45, 7) is 0.121. The lowest BCUT2D eigenvalue weighted by atomic mass is 10.0. The molecule has 3 heterocycles. The van der Waals surface area contributed by atoms with E-state index in [1.54, 1.807) is 55.7 Å². The summed E-state index contributed by atoms with van der Waals surface area (Å²) >= 11 is 0. The fraction of sp³-hybridized carbons (Fsp3) is 0.250. The molecule has 1 aromatic carbocycles. The number of carbonyl (C=O) groups excluding carboxylic acids is 2. The molecule has 0 bridgehead atoms. The van der Waals surface area contributed by atoms with E-state index in [0.29, 0.717) is 23.5 Å². The molecule has 41 heavy (non-hydrogen) atoms. The number of pyridine rings is 3. The van der Waals surface area contributed by atoms with Crippen LogP contribution in [-0.2, 0) is 13.1 Å². The average molecular weight is 562 g/mol. The van der Waals surface area contributed by atoms with Crippen LogP contribution in [0.4, 0.5) is 16.3 Å².